The number of nitrogens with zero attached hydrogens (tertiary/aromatic N) is 4. The van der Waals surface area contributed by atoms with Gasteiger partial charge in [0.1, 0.15) is 0 Å². The first kappa shape index (κ1) is 17.9. The van der Waals surface area contributed by atoms with E-state index in [9.17, 15) is 0 Å². The van der Waals surface area contributed by atoms with Gasteiger partial charge in [-0.25, -0.2) is 9.98 Å². The molecule has 1 aliphatic carbocycles. The summed E-state index contributed by atoms with van der Waals surface area (Å²) in [7, 11) is 0. The van der Waals surface area contributed by atoms with E-state index in [2.05, 4.69) is 22.1 Å². The number of pyridine rings is 1. The number of hydrogen-bond acceptors (Lipinski definition) is 4. The van der Waals surface area contributed by atoms with E-state index in [1.165, 1.54) is 25.7 Å². The predicted octanol–water partition coefficient (Wildman–Crippen LogP) is 5.18. The third-order valence-corrected chi connectivity index (χ3v) is 5.80. The fraction of sp³-hybridized carbons (Fsp3) is 0.381. The third kappa shape index (κ3) is 3.95. The Kier molecular flexibility index (Phi) is 5.34. The standard InChI is InChI=1S/C21H25N5S/c1-15-14-19(17-10-6-7-11-18(17)24-15)26(21-23-12-13-27-21)20(22)25-16-8-4-2-3-5-9-16/h6-7,10-14,16H,2-5,8-9H2,1H3,(H2,22,25). The molecule has 0 atom stereocenters. The van der Waals surface area contributed by atoms with Crippen molar-refractivity contribution in [1.29, 1.82) is 0 Å². The van der Waals surface area contributed by atoms with E-state index in [0.29, 0.717) is 12.0 Å². The number of aliphatic imine (C=N–C) groups is 1. The molecule has 0 bridgehead atoms. The molecule has 6 heteroatoms. The number of benzene rings is 1. The van der Waals surface area contributed by atoms with Crippen molar-refractivity contribution in [3.05, 3.63) is 47.6 Å². The number of nitrogens with two attached hydrogens (primary N) is 1. The average Bonchev–Trinajstić information content (AvgIpc) is 3.06. The van der Waals surface area contributed by atoms with E-state index in [4.69, 9.17) is 10.7 Å². The van der Waals surface area contributed by atoms with Crippen molar-refractivity contribution in [2.24, 2.45) is 10.7 Å². The highest BCUT2D eigenvalue weighted by Gasteiger charge is 2.21. The highest BCUT2D eigenvalue weighted by Crippen LogP contribution is 2.33. The Morgan fingerprint density at radius 1 is 1.19 bits per heavy atom. The van der Waals surface area contributed by atoms with Crippen LogP contribution in [0.15, 0.2) is 46.9 Å². The molecule has 2 heterocycles. The molecule has 1 aliphatic rings. The molecule has 1 aromatic carbocycles. The third-order valence-electron chi connectivity index (χ3n) is 5.04. The second-order valence-electron chi connectivity index (χ2n) is 7.08. The zero-order chi connectivity index (χ0) is 18.6. The van der Waals surface area contributed by atoms with Crippen molar-refractivity contribution >= 4 is 39.0 Å². The van der Waals surface area contributed by atoms with Crippen LogP contribution in [0.1, 0.15) is 44.2 Å². The van der Waals surface area contributed by atoms with Crippen molar-refractivity contribution in [3.8, 4) is 0 Å². The molecule has 0 unspecified atom stereocenters. The quantitative estimate of drug-likeness (QED) is 0.387. The normalized spacial score (nSPS) is 16.4. The summed E-state index contributed by atoms with van der Waals surface area (Å²) in [4.78, 5) is 16.1. The van der Waals surface area contributed by atoms with Crippen LogP contribution >= 0.6 is 11.3 Å². The summed E-state index contributed by atoms with van der Waals surface area (Å²) >= 11 is 1.57. The Morgan fingerprint density at radius 2 is 1.96 bits per heavy atom. The summed E-state index contributed by atoms with van der Waals surface area (Å²) in [5, 5.41) is 3.86. The second kappa shape index (κ2) is 8.05. The van der Waals surface area contributed by atoms with Gasteiger partial charge in [-0.15, -0.1) is 11.3 Å². The zero-order valence-electron chi connectivity index (χ0n) is 15.6. The number of thiazole rings is 1. The van der Waals surface area contributed by atoms with Crippen molar-refractivity contribution in [2.45, 2.75) is 51.5 Å². The number of para-hydroxylation sites is 1. The van der Waals surface area contributed by atoms with Gasteiger partial charge in [-0.3, -0.25) is 9.88 Å². The molecule has 2 N–H and O–H groups in total. The van der Waals surface area contributed by atoms with E-state index in [1.54, 1.807) is 11.3 Å². The topological polar surface area (TPSA) is 67.4 Å². The number of hydrogen-bond donors (Lipinski definition) is 1. The molecule has 2 aromatic heterocycles. The average molecular weight is 380 g/mol. The van der Waals surface area contributed by atoms with Crippen molar-refractivity contribution in [2.75, 3.05) is 4.90 Å². The van der Waals surface area contributed by atoms with Crippen LogP contribution in [0.25, 0.3) is 10.9 Å². The number of anilines is 2. The van der Waals surface area contributed by atoms with Gasteiger partial charge < -0.3 is 5.73 Å². The van der Waals surface area contributed by atoms with Gasteiger partial charge in [0.15, 0.2) is 5.13 Å². The van der Waals surface area contributed by atoms with Crippen LogP contribution in [0.4, 0.5) is 10.8 Å². The molecule has 27 heavy (non-hydrogen) atoms. The minimum atomic E-state index is 0.296. The smallest absolute Gasteiger partial charge is 0.202 e. The van der Waals surface area contributed by atoms with Gasteiger partial charge in [0.05, 0.1) is 17.2 Å². The second-order valence-corrected chi connectivity index (χ2v) is 7.96. The largest absolute Gasteiger partial charge is 0.369 e. The SMILES string of the molecule is Cc1cc(N(C(N)=NC2CCCCCC2)c2nccs2)c2ccccc2n1. The highest BCUT2D eigenvalue weighted by atomic mass is 32.1. The molecule has 0 radical (unpaired) electrons. The summed E-state index contributed by atoms with van der Waals surface area (Å²) in [6.45, 7) is 2.01. The van der Waals surface area contributed by atoms with E-state index < -0.39 is 0 Å². The Balaban J connectivity index is 1.81. The summed E-state index contributed by atoms with van der Waals surface area (Å²) in [6, 6.07) is 10.5. The van der Waals surface area contributed by atoms with E-state index in [-0.39, 0.29) is 0 Å². The lowest BCUT2D eigenvalue weighted by molar-refractivity contribution is 0.584. The monoisotopic (exact) mass is 379 g/mol. The van der Waals surface area contributed by atoms with Crippen LogP contribution in [0.2, 0.25) is 0 Å². The Morgan fingerprint density at radius 3 is 2.70 bits per heavy atom. The summed E-state index contributed by atoms with van der Waals surface area (Å²) in [6.07, 6.45) is 9.10. The first-order chi connectivity index (χ1) is 13.2. The van der Waals surface area contributed by atoms with Crippen molar-refractivity contribution in [1.82, 2.24) is 9.97 Å². The summed E-state index contributed by atoms with van der Waals surface area (Å²) in [5.74, 6) is 0.521. The minimum Gasteiger partial charge on any atom is -0.369 e. The molecule has 4 rings (SSSR count). The van der Waals surface area contributed by atoms with Crippen molar-refractivity contribution in [3.63, 3.8) is 0 Å². The van der Waals surface area contributed by atoms with Gasteiger partial charge >= 0.3 is 0 Å². The first-order valence-electron chi connectivity index (χ1n) is 9.61. The van der Waals surface area contributed by atoms with E-state index in [1.807, 2.05) is 41.6 Å². The van der Waals surface area contributed by atoms with Crippen LogP contribution in [0.3, 0.4) is 0 Å². The number of fused-ring (bicyclic) bond motifs is 1. The number of aromatic nitrogens is 2. The van der Waals surface area contributed by atoms with Crippen LogP contribution in [0, 0.1) is 6.92 Å². The van der Waals surface area contributed by atoms with Crippen LogP contribution in [-0.4, -0.2) is 22.0 Å². The first-order valence-corrected chi connectivity index (χ1v) is 10.5. The van der Waals surface area contributed by atoms with E-state index >= 15 is 0 Å². The van der Waals surface area contributed by atoms with Gasteiger partial charge in [0.2, 0.25) is 5.96 Å². The maximum Gasteiger partial charge on any atom is 0.202 e. The maximum atomic E-state index is 6.59. The lowest BCUT2D eigenvalue weighted by atomic mass is 10.1. The van der Waals surface area contributed by atoms with E-state index in [0.717, 1.165) is 40.3 Å². The maximum absolute atomic E-state index is 6.59. The molecule has 1 saturated carbocycles. The van der Waals surface area contributed by atoms with Gasteiger partial charge in [0.25, 0.3) is 0 Å². The summed E-state index contributed by atoms with van der Waals surface area (Å²) < 4.78 is 0. The van der Waals surface area contributed by atoms with Crippen LogP contribution in [0.5, 0.6) is 0 Å². The molecule has 0 spiro atoms. The molecular weight excluding hydrogens is 354 g/mol. The number of rotatable bonds is 3. The minimum absolute atomic E-state index is 0.296. The van der Waals surface area contributed by atoms with Crippen molar-refractivity contribution < 1.29 is 0 Å². The Labute approximate surface area is 164 Å². The predicted molar refractivity (Wildman–Crippen MR) is 114 cm³/mol. The fourth-order valence-corrected chi connectivity index (χ4v) is 4.42. The van der Waals surface area contributed by atoms with Gasteiger partial charge in [0, 0.05) is 22.7 Å². The lowest BCUT2D eigenvalue weighted by Gasteiger charge is -2.24. The molecule has 1 fully saturated rings. The number of aryl methyl sites for hydroxylation is 1. The molecule has 5 nitrogen and oxygen atoms in total. The van der Waals surface area contributed by atoms with Crippen LogP contribution in [-0.2, 0) is 0 Å². The molecule has 140 valence electrons. The fourth-order valence-electron chi connectivity index (χ4n) is 3.75. The Bertz CT molecular complexity index is 927. The molecule has 0 amide bonds. The van der Waals surface area contributed by atoms with Crippen LogP contribution < -0.4 is 10.6 Å². The lowest BCUT2D eigenvalue weighted by Crippen LogP contribution is -2.35. The molecule has 0 aliphatic heterocycles. The highest BCUT2D eigenvalue weighted by molar-refractivity contribution is 7.13. The molecule has 0 saturated heterocycles. The summed E-state index contributed by atoms with van der Waals surface area (Å²) in [5.41, 5.74) is 9.48. The van der Waals surface area contributed by atoms with Gasteiger partial charge in [-0.2, -0.15) is 0 Å². The van der Waals surface area contributed by atoms with Gasteiger partial charge in [-0.1, -0.05) is 43.9 Å². The molecular formula is C21H25N5S. The number of guanidine groups is 1. The molecule has 3 aromatic rings. The Hall–Kier alpha value is -2.47. The van der Waals surface area contributed by atoms with Gasteiger partial charge in [-0.05, 0) is 31.9 Å². The zero-order valence-corrected chi connectivity index (χ0v) is 16.5.